The van der Waals surface area contributed by atoms with E-state index in [4.69, 9.17) is 9.47 Å². The second-order valence-electron chi connectivity index (χ2n) is 7.47. The summed E-state index contributed by atoms with van der Waals surface area (Å²) in [6, 6.07) is 18.2. The van der Waals surface area contributed by atoms with Gasteiger partial charge in [-0.1, -0.05) is 42.5 Å². The highest BCUT2D eigenvalue weighted by molar-refractivity contribution is 14.0. The lowest BCUT2D eigenvalue weighted by molar-refractivity contribution is 0.127. The molecule has 6 nitrogen and oxygen atoms in total. The number of aliphatic hydroxyl groups is 1. The van der Waals surface area contributed by atoms with Crippen LogP contribution in [0.25, 0.3) is 0 Å². The van der Waals surface area contributed by atoms with E-state index in [0.717, 1.165) is 43.3 Å². The zero-order valence-electron chi connectivity index (χ0n) is 17.5. The monoisotopic (exact) mass is 525 g/mol. The second kappa shape index (κ2) is 12.8. The van der Waals surface area contributed by atoms with E-state index in [1.54, 1.807) is 7.05 Å². The predicted octanol–water partition coefficient (Wildman–Crippen LogP) is 3.34. The Morgan fingerprint density at radius 3 is 2.47 bits per heavy atom. The van der Waals surface area contributed by atoms with Crippen LogP contribution in [0.15, 0.2) is 59.6 Å². The van der Waals surface area contributed by atoms with Crippen molar-refractivity contribution in [2.75, 3.05) is 33.4 Å². The number of guanidine groups is 1. The fourth-order valence-electron chi connectivity index (χ4n) is 3.43. The van der Waals surface area contributed by atoms with Gasteiger partial charge < -0.3 is 25.2 Å². The minimum Gasteiger partial charge on any atom is -0.489 e. The van der Waals surface area contributed by atoms with Crippen LogP contribution in [0.2, 0.25) is 0 Å². The Kier molecular flexibility index (Phi) is 10.4. The summed E-state index contributed by atoms with van der Waals surface area (Å²) >= 11 is 0. The van der Waals surface area contributed by atoms with Crippen LogP contribution >= 0.6 is 24.0 Å². The number of nitrogens with zero attached hydrogens (tertiary/aromatic N) is 1. The number of halogens is 1. The number of para-hydroxylation sites is 1. The van der Waals surface area contributed by atoms with Gasteiger partial charge >= 0.3 is 0 Å². The van der Waals surface area contributed by atoms with E-state index in [0.29, 0.717) is 19.8 Å². The van der Waals surface area contributed by atoms with Crippen molar-refractivity contribution in [3.63, 3.8) is 0 Å². The van der Waals surface area contributed by atoms with Crippen molar-refractivity contribution in [2.45, 2.75) is 26.0 Å². The first-order valence-electron chi connectivity index (χ1n) is 10.1. The first-order valence-corrected chi connectivity index (χ1v) is 10.1. The molecular formula is C23H32IN3O3. The average molecular weight is 525 g/mol. The number of hydrogen-bond acceptors (Lipinski definition) is 4. The van der Waals surface area contributed by atoms with Crippen LogP contribution in [0.4, 0.5) is 0 Å². The van der Waals surface area contributed by atoms with Gasteiger partial charge in [-0.15, -0.1) is 24.0 Å². The molecule has 7 heteroatoms. The van der Waals surface area contributed by atoms with Crippen LogP contribution in [0.1, 0.15) is 24.0 Å². The third-order valence-corrected chi connectivity index (χ3v) is 5.31. The molecule has 0 amide bonds. The average Bonchev–Trinajstić information content (AvgIpc) is 3.23. The van der Waals surface area contributed by atoms with Gasteiger partial charge in [0.2, 0.25) is 0 Å². The summed E-state index contributed by atoms with van der Waals surface area (Å²) in [7, 11) is 1.77. The topological polar surface area (TPSA) is 75.1 Å². The van der Waals surface area contributed by atoms with Gasteiger partial charge in [0.1, 0.15) is 12.4 Å². The second-order valence-corrected chi connectivity index (χ2v) is 7.47. The standard InChI is InChI=1S/C23H31N3O3.HI/c1-24-22(26-17-23(11-13-27)12-14-28-18-23)25-15-19-7-9-20(10-8-19)16-29-21-5-3-2-4-6-21;/h2-10,27H,11-18H2,1H3,(H2,24,25,26);1H. The maximum absolute atomic E-state index is 9.35. The van der Waals surface area contributed by atoms with Crippen LogP contribution < -0.4 is 15.4 Å². The van der Waals surface area contributed by atoms with Gasteiger partial charge in [0.05, 0.1) is 6.61 Å². The number of aliphatic hydroxyl groups excluding tert-OH is 1. The van der Waals surface area contributed by atoms with Gasteiger partial charge in [-0.25, -0.2) is 0 Å². The fraction of sp³-hybridized carbons (Fsp3) is 0.435. The molecule has 0 aliphatic carbocycles. The van der Waals surface area contributed by atoms with Crippen molar-refractivity contribution < 1.29 is 14.6 Å². The van der Waals surface area contributed by atoms with Crippen molar-refractivity contribution in [1.29, 1.82) is 0 Å². The number of ether oxygens (including phenoxy) is 2. The molecule has 0 radical (unpaired) electrons. The van der Waals surface area contributed by atoms with Crippen molar-refractivity contribution in [3.05, 3.63) is 65.7 Å². The Hall–Kier alpha value is -1.84. The van der Waals surface area contributed by atoms with E-state index >= 15 is 0 Å². The Bertz CT molecular complexity index is 763. The van der Waals surface area contributed by atoms with E-state index < -0.39 is 0 Å². The van der Waals surface area contributed by atoms with E-state index in [1.165, 1.54) is 5.56 Å². The molecule has 0 bridgehead atoms. The summed E-state index contributed by atoms with van der Waals surface area (Å²) in [6.07, 6.45) is 1.70. The van der Waals surface area contributed by atoms with Crippen molar-refractivity contribution in [3.8, 4) is 5.75 Å². The lowest BCUT2D eigenvalue weighted by Crippen LogP contribution is -2.44. The fourth-order valence-corrected chi connectivity index (χ4v) is 3.43. The third-order valence-electron chi connectivity index (χ3n) is 5.31. The molecule has 1 aliphatic heterocycles. The molecule has 2 aromatic carbocycles. The Balaban J connectivity index is 0.00000320. The molecule has 1 heterocycles. The van der Waals surface area contributed by atoms with Gasteiger partial charge in [0.15, 0.2) is 5.96 Å². The minimum absolute atomic E-state index is 0. The molecule has 0 aromatic heterocycles. The molecule has 0 spiro atoms. The first-order chi connectivity index (χ1) is 14.2. The molecule has 2 aromatic rings. The highest BCUT2D eigenvalue weighted by Crippen LogP contribution is 2.31. The molecule has 1 unspecified atom stereocenters. The summed E-state index contributed by atoms with van der Waals surface area (Å²) in [5, 5.41) is 16.1. The number of hydrogen-bond donors (Lipinski definition) is 3. The maximum Gasteiger partial charge on any atom is 0.191 e. The number of rotatable bonds is 9. The number of benzene rings is 2. The molecule has 1 saturated heterocycles. The predicted molar refractivity (Wildman–Crippen MR) is 130 cm³/mol. The van der Waals surface area contributed by atoms with E-state index in [2.05, 4.69) is 39.9 Å². The lowest BCUT2D eigenvalue weighted by Gasteiger charge is -2.27. The summed E-state index contributed by atoms with van der Waals surface area (Å²) < 4.78 is 11.3. The van der Waals surface area contributed by atoms with Gasteiger partial charge in [0.25, 0.3) is 0 Å². The van der Waals surface area contributed by atoms with Gasteiger partial charge in [0, 0.05) is 38.8 Å². The van der Waals surface area contributed by atoms with Crippen LogP contribution in [-0.4, -0.2) is 44.5 Å². The van der Waals surface area contributed by atoms with Gasteiger partial charge in [-0.2, -0.15) is 0 Å². The van der Waals surface area contributed by atoms with Crippen LogP contribution in [0.5, 0.6) is 5.75 Å². The highest BCUT2D eigenvalue weighted by atomic mass is 127. The van der Waals surface area contributed by atoms with E-state index in [9.17, 15) is 5.11 Å². The third kappa shape index (κ3) is 7.45. The van der Waals surface area contributed by atoms with Gasteiger partial charge in [-0.3, -0.25) is 4.99 Å². The summed E-state index contributed by atoms with van der Waals surface area (Å²) in [5.41, 5.74) is 2.30. The molecule has 1 atom stereocenters. The van der Waals surface area contributed by atoms with Crippen molar-refractivity contribution >= 4 is 29.9 Å². The summed E-state index contributed by atoms with van der Waals surface area (Å²) in [5.74, 6) is 1.63. The first kappa shape index (κ1) is 24.4. The van der Waals surface area contributed by atoms with E-state index in [1.807, 2.05) is 30.3 Å². The lowest BCUT2D eigenvalue weighted by atomic mass is 9.84. The van der Waals surface area contributed by atoms with E-state index in [-0.39, 0.29) is 36.0 Å². The molecule has 30 heavy (non-hydrogen) atoms. The largest absolute Gasteiger partial charge is 0.489 e. The highest BCUT2D eigenvalue weighted by Gasteiger charge is 2.34. The van der Waals surface area contributed by atoms with Crippen molar-refractivity contribution in [2.24, 2.45) is 10.4 Å². The Labute approximate surface area is 196 Å². The normalized spacial score (nSPS) is 18.5. The quantitative estimate of drug-likeness (QED) is 0.266. The SMILES string of the molecule is CN=C(NCc1ccc(COc2ccccc2)cc1)NCC1(CCO)CCOC1.I. The Morgan fingerprint density at radius 2 is 1.83 bits per heavy atom. The number of nitrogens with one attached hydrogen (secondary N) is 2. The molecule has 1 fully saturated rings. The maximum atomic E-state index is 9.35. The van der Waals surface area contributed by atoms with Crippen LogP contribution in [-0.2, 0) is 17.9 Å². The van der Waals surface area contributed by atoms with Crippen LogP contribution in [0, 0.1) is 5.41 Å². The zero-order chi connectivity index (χ0) is 20.4. The summed E-state index contributed by atoms with van der Waals surface area (Å²) in [4.78, 5) is 4.31. The molecule has 3 N–H and O–H groups in total. The molecule has 164 valence electrons. The molecule has 1 aliphatic rings. The summed E-state index contributed by atoms with van der Waals surface area (Å²) in [6.45, 7) is 3.59. The molecule has 0 saturated carbocycles. The van der Waals surface area contributed by atoms with Crippen molar-refractivity contribution in [1.82, 2.24) is 10.6 Å². The minimum atomic E-state index is -0.00717. The molecular weight excluding hydrogens is 493 g/mol. The zero-order valence-corrected chi connectivity index (χ0v) is 19.8. The van der Waals surface area contributed by atoms with Crippen LogP contribution in [0.3, 0.4) is 0 Å². The Morgan fingerprint density at radius 1 is 1.10 bits per heavy atom. The molecule has 3 rings (SSSR count). The smallest absolute Gasteiger partial charge is 0.191 e. The number of aliphatic imine (C=N–C) groups is 1. The van der Waals surface area contributed by atoms with Gasteiger partial charge in [-0.05, 0) is 36.1 Å².